The van der Waals surface area contributed by atoms with Crippen LogP contribution in [0.4, 0.5) is 5.13 Å². The molecule has 0 saturated heterocycles. The summed E-state index contributed by atoms with van der Waals surface area (Å²) in [6.07, 6.45) is 2.19. The maximum Gasteiger partial charge on any atom is 0.357 e. The number of halogens is 1. The summed E-state index contributed by atoms with van der Waals surface area (Å²) in [4.78, 5) is 27.8. The lowest BCUT2D eigenvalue weighted by Crippen LogP contribution is -2.14. The van der Waals surface area contributed by atoms with E-state index in [0.29, 0.717) is 16.7 Å². The maximum atomic E-state index is 12.1. The van der Waals surface area contributed by atoms with Gasteiger partial charge in [0.25, 0.3) is 0 Å². The Kier molecular flexibility index (Phi) is 5.35. The van der Waals surface area contributed by atoms with Crippen LogP contribution in [0.2, 0.25) is 5.02 Å². The summed E-state index contributed by atoms with van der Waals surface area (Å²) < 4.78 is 6.85. The lowest BCUT2D eigenvalue weighted by atomic mass is 10.2. The standard InChI is InChI=1S/C17H16ClN3O3S/c1-2-24-16(23)13-10-25-17(19-13)20-15(22)7-9-21-8-6-11-12(18)4-3-5-14(11)21/h3-6,8,10H,2,7,9H2,1H3,(H,19,20,22). The predicted octanol–water partition coefficient (Wildman–Crippen LogP) is 3.96. The fraction of sp³-hybridized carbons (Fsp3) is 0.235. The summed E-state index contributed by atoms with van der Waals surface area (Å²) in [5, 5.41) is 6.30. The van der Waals surface area contributed by atoms with Gasteiger partial charge >= 0.3 is 5.97 Å². The number of aromatic nitrogens is 2. The predicted molar refractivity (Wildman–Crippen MR) is 98.3 cm³/mol. The smallest absolute Gasteiger partial charge is 0.357 e. The quantitative estimate of drug-likeness (QED) is 0.660. The lowest BCUT2D eigenvalue weighted by Gasteiger charge is -2.06. The van der Waals surface area contributed by atoms with Gasteiger partial charge in [0.05, 0.1) is 6.61 Å². The molecule has 2 heterocycles. The lowest BCUT2D eigenvalue weighted by molar-refractivity contribution is -0.116. The van der Waals surface area contributed by atoms with Gasteiger partial charge in [-0.25, -0.2) is 9.78 Å². The molecule has 2 aromatic heterocycles. The van der Waals surface area contributed by atoms with Crippen molar-refractivity contribution >= 4 is 50.8 Å². The molecule has 1 amide bonds. The minimum Gasteiger partial charge on any atom is -0.461 e. The zero-order chi connectivity index (χ0) is 17.8. The van der Waals surface area contributed by atoms with Crippen LogP contribution < -0.4 is 5.32 Å². The first kappa shape index (κ1) is 17.4. The number of fused-ring (bicyclic) bond motifs is 1. The molecule has 0 unspecified atom stereocenters. The topological polar surface area (TPSA) is 73.2 Å². The number of hydrogen-bond acceptors (Lipinski definition) is 5. The highest BCUT2D eigenvalue weighted by Gasteiger charge is 2.13. The zero-order valence-corrected chi connectivity index (χ0v) is 15.1. The summed E-state index contributed by atoms with van der Waals surface area (Å²) in [5.74, 6) is -0.663. The molecule has 0 spiro atoms. The van der Waals surface area contributed by atoms with E-state index in [1.807, 2.05) is 35.0 Å². The van der Waals surface area contributed by atoms with E-state index in [0.717, 1.165) is 10.9 Å². The van der Waals surface area contributed by atoms with Crippen molar-refractivity contribution in [3.05, 3.63) is 46.6 Å². The molecular formula is C17H16ClN3O3S. The molecule has 1 N–H and O–H groups in total. The molecule has 0 bridgehead atoms. The highest BCUT2D eigenvalue weighted by molar-refractivity contribution is 7.14. The molecule has 3 rings (SSSR count). The Balaban J connectivity index is 1.59. The van der Waals surface area contributed by atoms with Crippen molar-refractivity contribution < 1.29 is 14.3 Å². The third-order valence-corrected chi connectivity index (χ3v) is 4.66. The number of benzene rings is 1. The highest BCUT2D eigenvalue weighted by Crippen LogP contribution is 2.24. The van der Waals surface area contributed by atoms with Crippen molar-refractivity contribution in [2.24, 2.45) is 0 Å². The van der Waals surface area contributed by atoms with Crippen molar-refractivity contribution in [3.63, 3.8) is 0 Å². The van der Waals surface area contributed by atoms with Crippen molar-refractivity contribution in [2.45, 2.75) is 19.9 Å². The van der Waals surface area contributed by atoms with Crippen LogP contribution in [0.15, 0.2) is 35.8 Å². The van der Waals surface area contributed by atoms with E-state index in [1.165, 1.54) is 11.3 Å². The molecule has 6 nitrogen and oxygen atoms in total. The number of carbonyl (C=O) groups is 2. The Hall–Kier alpha value is -2.38. The van der Waals surface area contributed by atoms with Gasteiger partial charge in [-0.15, -0.1) is 11.3 Å². The summed E-state index contributed by atoms with van der Waals surface area (Å²) >= 11 is 7.35. The van der Waals surface area contributed by atoms with Crippen molar-refractivity contribution in [2.75, 3.05) is 11.9 Å². The van der Waals surface area contributed by atoms with Gasteiger partial charge < -0.3 is 14.6 Å². The van der Waals surface area contributed by atoms with E-state index in [1.54, 1.807) is 12.3 Å². The number of carbonyl (C=O) groups excluding carboxylic acids is 2. The first-order valence-electron chi connectivity index (χ1n) is 7.74. The molecule has 3 aromatic rings. The normalized spacial score (nSPS) is 10.8. The molecule has 25 heavy (non-hydrogen) atoms. The van der Waals surface area contributed by atoms with Gasteiger partial charge in [0.1, 0.15) is 0 Å². The number of ether oxygens (including phenoxy) is 1. The molecule has 0 aliphatic carbocycles. The van der Waals surface area contributed by atoms with Gasteiger partial charge in [-0.1, -0.05) is 17.7 Å². The van der Waals surface area contributed by atoms with Crippen molar-refractivity contribution in [1.29, 1.82) is 0 Å². The average molecular weight is 378 g/mol. The van der Waals surface area contributed by atoms with Crippen LogP contribution in [0.5, 0.6) is 0 Å². The highest BCUT2D eigenvalue weighted by atomic mass is 35.5. The summed E-state index contributed by atoms with van der Waals surface area (Å²) in [6, 6.07) is 7.62. The van der Waals surface area contributed by atoms with Crippen LogP contribution in [-0.2, 0) is 16.1 Å². The van der Waals surface area contributed by atoms with Crippen molar-refractivity contribution in [1.82, 2.24) is 9.55 Å². The molecule has 0 aliphatic heterocycles. The fourth-order valence-corrected chi connectivity index (χ4v) is 3.34. The second-order valence-corrected chi connectivity index (χ2v) is 6.50. The van der Waals surface area contributed by atoms with Crippen LogP contribution in [0, 0.1) is 0 Å². The largest absolute Gasteiger partial charge is 0.461 e. The van der Waals surface area contributed by atoms with E-state index in [-0.39, 0.29) is 24.6 Å². The number of anilines is 1. The fourth-order valence-electron chi connectivity index (χ4n) is 2.41. The molecular weight excluding hydrogens is 362 g/mol. The average Bonchev–Trinajstić information content (AvgIpc) is 3.21. The molecule has 0 aliphatic rings. The first-order valence-corrected chi connectivity index (χ1v) is 9.00. The van der Waals surface area contributed by atoms with E-state index >= 15 is 0 Å². The molecule has 0 saturated carbocycles. The SMILES string of the molecule is CCOC(=O)c1csc(NC(=O)CCn2ccc3c(Cl)cccc32)n1. The van der Waals surface area contributed by atoms with Crippen LogP contribution >= 0.6 is 22.9 Å². The first-order chi connectivity index (χ1) is 12.1. The van der Waals surface area contributed by atoms with Gasteiger partial charge in [-0.2, -0.15) is 0 Å². The number of amides is 1. The van der Waals surface area contributed by atoms with Gasteiger partial charge in [-0.05, 0) is 25.1 Å². The Morgan fingerprint density at radius 2 is 2.20 bits per heavy atom. The van der Waals surface area contributed by atoms with Gasteiger partial charge in [0, 0.05) is 40.5 Å². The monoisotopic (exact) mass is 377 g/mol. The third kappa shape index (κ3) is 4.00. The number of hydrogen-bond donors (Lipinski definition) is 1. The van der Waals surface area contributed by atoms with Gasteiger partial charge in [0.15, 0.2) is 10.8 Å². The molecule has 0 fully saturated rings. The number of nitrogens with one attached hydrogen (secondary N) is 1. The number of rotatable bonds is 6. The maximum absolute atomic E-state index is 12.1. The Labute approximate surface area is 153 Å². The molecule has 0 atom stereocenters. The van der Waals surface area contributed by atoms with Gasteiger partial charge in [-0.3, -0.25) is 4.79 Å². The Morgan fingerprint density at radius 3 is 3.00 bits per heavy atom. The van der Waals surface area contributed by atoms with Gasteiger partial charge in [0.2, 0.25) is 5.91 Å². The van der Waals surface area contributed by atoms with Crippen LogP contribution in [0.25, 0.3) is 10.9 Å². The molecule has 8 heteroatoms. The number of nitrogens with zero attached hydrogens (tertiary/aromatic N) is 2. The molecule has 130 valence electrons. The second kappa shape index (κ2) is 7.67. The van der Waals surface area contributed by atoms with Crippen LogP contribution in [0.3, 0.4) is 0 Å². The van der Waals surface area contributed by atoms with Crippen LogP contribution in [0.1, 0.15) is 23.8 Å². The molecule has 0 radical (unpaired) electrons. The van der Waals surface area contributed by atoms with E-state index in [2.05, 4.69) is 10.3 Å². The summed E-state index contributed by atoms with van der Waals surface area (Å²) in [7, 11) is 0. The van der Waals surface area contributed by atoms with E-state index in [4.69, 9.17) is 16.3 Å². The van der Waals surface area contributed by atoms with Crippen LogP contribution in [-0.4, -0.2) is 28.0 Å². The minimum absolute atomic E-state index is 0.173. The number of esters is 1. The van der Waals surface area contributed by atoms with E-state index < -0.39 is 5.97 Å². The summed E-state index contributed by atoms with van der Waals surface area (Å²) in [6.45, 7) is 2.53. The second-order valence-electron chi connectivity index (χ2n) is 5.24. The Morgan fingerprint density at radius 1 is 1.36 bits per heavy atom. The number of aryl methyl sites for hydroxylation is 1. The van der Waals surface area contributed by atoms with E-state index in [9.17, 15) is 9.59 Å². The third-order valence-electron chi connectivity index (χ3n) is 3.58. The summed E-state index contributed by atoms with van der Waals surface area (Å²) in [5.41, 5.74) is 1.19. The molecule has 1 aromatic carbocycles. The van der Waals surface area contributed by atoms with Crippen molar-refractivity contribution in [3.8, 4) is 0 Å². The number of thiazole rings is 1. The zero-order valence-electron chi connectivity index (χ0n) is 13.5. The minimum atomic E-state index is -0.491. The Bertz CT molecular complexity index is 919.